The first-order valence-electron chi connectivity index (χ1n) is 9.77. The second-order valence-corrected chi connectivity index (χ2v) is 10.7. The first kappa shape index (κ1) is 23.6. The van der Waals surface area contributed by atoms with E-state index in [1.165, 1.54) is 16.9 Å². The van der Waals surface area contributed by atoms with Crippen molar-refractivity contribution in [3.05, 3.63) is 35.2 Å². The molecule has 1 unspecified atom stereocenters. The first-order chi connectivity index (χ1) is 14.2. The van der Waals surface area contributed by atoms with Crippen molar-refractivity contribution in [3.63, 3.8) is 0 Å². The van der Waals surface area contributed by atoms with Gasteiger partial charge in [0.2, 0.25) is 9.70 Å². The maximum absolute atomic E-state index is 12.5. The van der Waals surface area contributed by atoms with Gasteiger partial charge in [-0.1, -0.05) is 64.6 Å². The lowest BCUT2D eigenvalue weighted by Gasteiger charge is -2.32. The minimum Gasteiger partial charge on any atom is -0.338 e. The predicted molar refractivity (Wildman–Crippen MR) is 127 cm³/mol. The zero-order valence-electron chi connectivity index (χ0n) is 17.0. The van der Waals surface area contributed by atoms with Crippen LogP contribution in [0.15, 0.2) is 29.6 Å². The predicted octanol–water partition coefficient (Wildman–Crippen LogP) is 3.98. The highest BCUT2D eigenvalue weighted by Gasteiger charge is 2.34. The Hall–Kier alpha value is -1.09. The zero-order valence-corrected chi connectivity index (χ0v) is 20.1. The van der Waals surface area contributed by atoms with E-state index in [0.717, 1.165) is 37.4 Å². The van der Waals surface area contributed by atoms with Gasteiger partial charge < -0.3 is 20.4 Å². The molecular weight excluding hydrogens is 465 g/mol. The van der Waals surface area contributed by atoms with Crippen LogP contribution in [-0.4, -0.2) is 70.4 Å². The summed E-state index contributed by atoms with van der Waals surface area (Å²) in [5.74, 6) is -0.173. The van der Waals surface area contributed by atoms with Crippen molar-refractivity contribution in [2.45, 2.75) is 23.3 Å². The number of nitrogens with one attached hydrogen (secondary N) is 2. The van der Waals surface area contributed by atoms with Gasteiger partial charge in [-0.05, 0) is 14.0 Å². The van der Waals surface area contributed by atoms with Crippen LogP contribution in [0.1, 0.15) is 12.0 Å². The molecule has 0 aliphatic carbocycles. The van der Waals surface area contributed by atoms with E-state index in [-0.39, 0.29) is 5.91 Å². The van der Waals surface area contributed by atoms with E-state index in [4.69, 9.17) is 34.8 Å². The molecule has 1 aliphatic rings. The van der Waals surface area contributed by atoms with Crippen LogP contribution >= 0.6 is 46.1 Å². The molecule has 3 rings (SSSR count). The Kier molecular flexibility index (Phi) is 8.24. The number of aryl methyl sites for hydroxylation is 1. The van der Waals surface area contributed by atoms with E-state index in [1.54, 1.807) is 0 Å². The number of carbonyl (C=O) groups is 1. The van der Waals surface area contributed by atoms with Crippen LogP contribution in [0.2, 0.25) is 0 Å². The normalized spacial score (nSPS) is 17.0. The summed E-state index contributed by atoms with van der Waals surface area (Å²) in [4.78, 5) is 21.6. The minimum atomic E-state index is -1.72. The molecule has 0 radical (unpaired) electrons. The zero-order chi connectivity index (χ0) is 21.7. The Bertz CT molecular complexity index is 832. The van der Waals surface area contributed by atoms with Crippen molar-refractivity contribution in [2.75, 3.05) is 45.1 Å². The Morgan fingerprint density at radius 2 is 1.87 bits per heavy atom. The van der Waals surface area contributed by atoms with Gasteiger partial charge in [0.25, 0.3) is 0 Å². The van der Waals surface area contributed by atoms with Crippen LogP contribution in [0.25, 0.3) is 11.3 Å². The Morgan fingerprint density at radius 1 is 1.20 bits per heavy atom. The standard InChI is InChI=1S/C20H26Cl3N5OS/c1-14-3-5-15(6-4-14)16-13-30-19(24-16)26-18(20(21,22)23)25-17(29)7-8-28-11-9-27(2)10-12-28/h3-6,13,18H,7-12H2,1-2H3,(H,24,26)(H,25,29). The number of likely N-dealkylation sites (N-methyl/N-ethyl adjacent to an activating group) is 1. The third kappa shape index (κ3) is 6.97. The maximum Gasteiger partial charge on any atom is 0.228 e. The van der Waals surface area contributed by atoms with Crippen LogP contribution in [0.4, 0.5) is 5.13 Å². The molecule has 1 saturated heterocycles. The van der Waals surface area contributed by atoms with Crippen LogP contribution in [0, 0.1) is 6.92 Å². The van der Waals surface area contributed by atoms with Crippen LogP contribution < -0.4 is 10.6 Å². The molecule has 2 aromatic rings. The molecule has 1 atom stereocenters. The quantitative estimate of drug-likeness (QED) is 0.454. The second-order valence-electron chi connectivity index (χ2n) is 7.49. The molecule has 2 N–H and O–H groups in total. The lowest BCUT2D eigenvalue weighted by atomic mass is 10.1. The summed E-state index contributed by atoms with van der Waals surface area (Å²) in [5.41, 5.74) is 3.02. The molecule has 0 saturated carbocycles. The Labute approximate surface area is 196 Å². The number of rotatable bonds is 7. The molecule has 164 valence electrons. The molecule has 2 heterocycles. The number of thiazole rings is 1. The Balaban J connectivity index is 1.57. The number of hydrogen-bond acceptors (Lipinski definition) is 6. The number of amides is 1. The second kappa shape index (κ2) is 10.5. The third-order valence-corrected chi connectivity index (χ3v) is 6.43. The molecule has 0 spiro atoms. The van der Waals surface area contributed by atoms with E-state index in [9.17, 15) is 4.79 Å². The van der Waals surface area contributed by atoms with Crippen molar-refractivity contribution < 1.29 is 4.79 Å². The highest BCUT2D eigenvalue weighted by molar-refractivity contribution is 7.14. The largest absolute Gasteiger partial charge is 0.338 e. The molecule has 30 heavy (non-hydrogen) atoms. The fourth-order valence-corrected chi connectivity index (χ4v) is 4.16. The SMILES string of the molecule is Cc1ccc(-c2csc(NC(NC(=O)CCN3CCN(C)CC3)C(Cl)(Cl)Cl)n2)cc1. The lowest BCUT2D eigenvalue weighted by Crippen LogP contribution is -2.50. The van der Waals surface area contributed by atoms with Crippen molar-refractivity contribution in [2.24, 2.45) is 0 Å². The summed E-state index contributed by atoms with van der Waals surface area (Å²) >= 11 is 19.7. The van der Waals surface area contributed by atoms with Crippen LogP contribution in [-0.2, 0) is 4.79 Å². The summed E-state index contributed by atoms with van der Waals surface area (Å²) in [7, 11) is 2.10. The number of piperazine rings is 1. The van der Waals surface area contributed by atoms with Crippen LogP contribution in [0.3, 0.4) is 0 Å². The number of hydrogen-bond donors (Lipinski definition) is 2. The fraction of sp³-hybridized carbons (Fsp3) is 0.500. The van der Waals surface area contributed by atoms with Gasteiger partial charge in [0.1, 0.15) is 6.17 Å². The molecule has 1 fully saturated rings. The number of alkyl halides is 3. The van der Waals surface area contributed by atoms with Gasteiger partial charge in [-0.15, -0.1) is 11.3 Å². The lowest BCUT2D eigenvalue weighted by molar-refractivity contribution is -0.122. The summed E-state index contributed by atoms with van der Waals surface area (Å²) in [6.07, 6.45) is -0.547. The molecule has 6 nitrogen and oxygen atoms in total. The highest BCUT2D eigenvalue weighted by atomic mass is 35.6. The molecule has 1 aromatic heterocycles. The number of nitrogens with zero attached hydrogens (tertiary/aromatic N) is 3. The summed E-state index contributed by atoms with van der Waals surface area (Å²) in [6.45, 7) is 6.64. The summed E-state index contributed by atoms with van der Waals surface area (Å²) in [6, 6.07) is 8.10. The smallest absolute Gasteiger partial charge is 0.228 e. The van der Waals surface area contributed by atoms with Crippen molar-refractivity contribution in [1.82, 2.24) is 20.1 Å². The summed E-state index contributed by atoms with van der Waals surface area (Å²) in [5, 5.41) is 8.35. The van der Waals surface area contributed by atoms with E-state index in [2.05, 4.69) is 32.5 Å². The highest BCUT2D eigenvalue weighted by Crippen LogP contribution is 2.33. The molecule has 1 aliphatic heterocycles. The number of benzene rings is 1. The topological polar surface area (TPSA) is 60.5 Å². The van der Waals surface area contributed by atoms with E-state index in [0.29, 0.717) is 18.1 Å². The fourth-order valence-electron chi connectivity index (χ4n) is 3.08. The average molecular weight is 491 g/mol. The molecular formula is C20H26Cl3N5OS. The van der Waals surface area contributed by atoms with Gasteiger partial charge >= 0.3 is 0 Å². The third-order valence-electron chi connectivity index (χ3n) is 5.00. The minimum absolute atomic E-state index is 0.173. The van der Waals surface area contributed by atoms with Crippen molar-refractivity contribution in [1.29, 1.82) is 0 Å². The van der Waals surface area contributed by atoms with Crippen LogP contribution in [0.5, 0.6) is 0 Å². The molecule has 10 heteroatoms. The number of anilines is 1. The Morgan fingerprint density at radius 3 is 2.50 bits per heavy atom. The molecule has 1 amide bonds. The first-order valence-corrected chi connectivity index (χ1v) is 11.8. The van der Waals surface area contributed by atoms with Crippen molar-refractivity contribution >= 4 is 57.2 Å². The van der Waals surface area contributed by atoms with Gasteiger partial charge in [-0.3, -0.25) is 4.79 Å². The molecule has 1 aromatic carbocycles. The van der Waals surface area contributed by atoms with Gasteiger partial charge in [0, 0.05) is 50.1 Å². The van der Waals surface area contributed by atoms with Crippen molar-refractivity contribution in [3.8, 4) is 11.3 Å². The summed E-state index contributed by atoms with van der Waals surface area (Å²) < 4.78 is -1.72. The number of halogens is 3. The van der Waals surface area contributed by atoms with Gasteiger partial charge in [-0.2, -0.15) is 0 Å². The van der Waals surface area contributed by atoms with E-state index in [1.807, 2.05) is 36.6 Å². The molecule has 0 bridgehead atoms. The van der Waals surface area contributed by atoms with Gasteiger partial charge in [0.05, 0.1) is 5.69 Å². The van der Waals surface area contributed by atoms with Gasteiger partial charge in [0.15, 0.2) is 5.13 Å². The van der Waals surface area contributed by atoms with Gasteiger partial charge in [-0.25, -0.2) is 4.98 Å². The number of aromatic nitrogens is 1. The van der Waals surface area contributed by atoms with E-state index < -0.39 is 9.96 Å². The number of carbonyl (C=O) groups excluding carboxylic acids is 1. The van der Waals surface area contributed by atoms with E-state index >= 15 is 0 Å². The maximum atomic E-state index is 12.5. The monoisotopic (exact) mass is 489 g/mol. The average Bonchev–Trinajstić information content (AvgIpc) is 3.15.